The average molecular weight is 168 g/mol. The Balaban J connectivity index is 2.71. The molecule has 0 saturated heterocycles. The third-order valence-electron chi connectivity index (χ3n) is 2.83. The molecule has 0 aromatic rings. The first-order valence-electron chi connectivity index (χ1n) is 4.52. The lowest BCUT2D eigenvalue weighted by Gasteiger charge is -2.34. The topological polar surface area (TPSA) is 37.3 Å². The number of rotatable bonds is 3. The van der Waals surface area contributed by atoms with Crippen LogP contribution in [-0.4, -0.2) is 17.5 Å². The smallest absolute Gasteiger partial charge is 0.129 e. The maximum Gasteiger partial charge on any atom is 0.129 e. The molecule has 12 heavy (non-hydrogen) atoms. The highest BCUT2D eigenvalue weighted by Gasteiger charge is 2.37. The van der Waals surface area contributed by atoms with Gasteiger partial charge < -0.3 is 9.90 Å². The molecule has 1 N–H and O–H groups in total. The highest BCUT2D eigenvalue weighted by Crippen LogP contribution is 2.37. The summed E-state index contributed by atoms with van der Waals surface area (Å²) in [7, 11) is 0. The van der Waals surface area contributed by atoms with Crippen molar-refractivity contribution in [2.24, 2.45) is 5.41 Å². The third-order valence-corrected chi connectivity index (χ3v) is 2.83. The van der Waals surface area contributed by atoms with Crippen LogP contribution in [0.4, 0.5) is 0 Å². The first-order valence-corrected chi connectivity index (χ1v) is 4.52. The number of aldehydes is 1. The van der Waals surface area contributed by atoms with E-state index in [9.17, 15) is 9.90 Å². The van der Waals surface area contributed by atoms with Crippen LogP contribution < -0.4 is 0 Å². The highest BCUT2D eigenvalue weighted by atomic mass is 16.3. The van der Waals surface area contributed by atoms with Crippen LogP contribution in [0.2, 0.25) is 0 Å². The van der Waals surface area contributed by atoms with Crippen LogP contribution in [0.1, 0.15) is 32.1 Å². The normalized spacial score (nSPS) is 24.4. The Morgan fingerprint density at radius 3 is 2.33 bits per heavy atom. The van der Waals surface area contributed by atoms with Crippen molar-refractivity contribution in [2.45, 2.75) is 38.2 Å². The van der Waals surface area contributed by atoms with E-state index in [1.807, 2.05) is 0 Å². The minimum atomic E-state index is -0.657. The number of aliphatic hydroxyl groups excluding tert-OH is 1. The van der Waals surface area contributed by atoms with Gasteiger partial charge in [0.05, 0.1) is 11.5 Å². The summed E-state index contributed by atoms with van der Waals surface area (Å²) in [6, 6.07) is 0. The molecule has 68 valence electrons. The molecule has 1 saturated carbocycles. The van der Waals surface area contributed by atoms with Gasteiger partial charge in [0, 0.05) is 0 Å². The Morgan fingerprint density at radius 1 is 1.33 bits per heavy atom. The summed E-state index contributed by atoms with van der Waals surface area (Å²) in [5.74, 6) is 0. The number of hydrogen-bond donors (Lipinski definition) is 1. The molecule has 1 fully saturated rings. The summed E-state index contributed by atoms with van der Waals surface area (Å²) in [6.07, 6.45) is 6.62. The predicted molar refractivity (Wildman–Crippen MR) is 47.8 cm³/mol. The van der Waals surface area contributed by atoms with Crippen LogP contribution in [0.5, 0.6) is 0 Å². The van der Waals surface area contributed by atoms with Gasteiger partial charge in [0.1, 0.15) is 6.29 Å². The summed E-state index contributed by atoms with van der Waals surface area (Å²) in [4.78, 5) is 10.9. The minimum Gasteiger partial charge on any atom is -0.388 e. The largest absolute Gasteiger partial charge is 0.388 e. The van der Waals surface area contributed by atoms with Crippen molar-refractivity contribution >= 4 is 6.29 Å². The van der Waals surface area contributed by atoms with Gasteiger partial charge in [0.2, 0.25) is 0 Å². The second-order valence-corrected chi connectivity index (χ2v) is 3.59. The Bertz CT molecular complexity index is 169. The summed E-state index contributed by atoms with van der Waals surface area (Å²) in [5, 5.41) is 9.58. The first kappa shape index (κ1) is 9.46. The predicted octanol–water partition coefficient (Wildman–Crippen LogP) is 1.68. The van der Waals surface area contributed by atoms with Gasteiger partial charge in [0.15, 0.2) is 0 Å². The number of carbonyl (C=O) groups excluding carboxylic acids is 1. The van der Waals surface area contributed by atoms with E-state index in [-0.39, 0.29) is 0 Å². The van der Waals surface area contributed by atoms with Gasteiger partial charge >= 0.3 is 0 Å². The Labute approximate surface area is 73.3 Å². The maximum atomic E-state index is 10.9. The fourth-order valence-electron chi connectivity index (χ4n) is 1.93. The quantitative estimate of drug-likeness (QED) is 0.514. The minimum absolute atomic E-state index is 0.514. The van der Waals surface area contributed by atoms with E-state index in [1.165, 1.54) is 12.5 Å². The molecule has 0 bridgehead atoms. The zero-order valence-corrected chi connectivity index (χ0v) is 7.33. The molecule has 2 heteroatoms. The monoisotopic (exact) mass is 168 g/mol. The molecule has 0 amide bonds. The molecule has 2 nitrogen and oxygen atoms in total. The molecule has 1 rings (SSSR count). The lowest BCUT2D eigenvalue weighted by Crippen LogP contribution is -2.37. The summed E-state index contributed by atoms with van der Waals surface area (Å²) < 4.78 is 0. The van der Waals surface area contributed by atoms with Gasteiger partial charge in [-0.1, -0.05) is 25.3 Å². The van der Waals surface area contributed by atoms with Crippen LogP contribution >= 0.6 is 0 Å². The number of aliphatic hydroxyl groups is 1. The molecule has 1 unspecified atom stereocenters. The Morgan fingerprint density at radius 2 is 1.92 bits per heavy atom. The van der Waals surface area contributed by atoms with Crippen LogP contribution in [0.3, 0.4) is 0 Å². The first-order chi connectivity index (χ1) is 5.75. The lowest BCUT2D eigenvalue weighted by atomic mass is 9.71. The summed E-state index contributed by atoms with van der Waals surface area (Å²) in [5.41, 5.74) is -0.514. The van der Waals surface area contributed by atoms with Gasteiger partial charge in [-0.25, -0.2) is 0 Å². The van der Waals surface area contributed by atoms with Gasteiger partial charge in [0.25, 0.3) is 0 Å². The molecule has 1 aliphatic carbocycles. The molecule has 0 aromatic carbocycles. The molecule has 1 atom stereocenters. The van der Waals surface area contributed by atoms with Gasteiger partial charge in [-0.05, 0) is 12.8 Å². The third kappa shape index (κ3) is 1.58. The number of carbonyl (C=O) groups is 1. The van der Waals surface area contributed by atoms with Crippen molar-refractivity contribution in [2.75, 3.05) is 0 Å². The molecular weight excluding hydrogens is 152 g/mol. The maximum absolute atomic E-state index is 10.9. The molecule has 0 heterocycles. The van der Waals surface area contributed by atoms with E-state index >= 15 is 0 Å². The fraction of sp³-hybridized carbons (Fsp3) is 0.700. The van der Waals surface area contributed by atoms with Crippen LogP contribution in [-0.2, 0) is 4.79 Å². The molecule has 0 aromatic heterocycles. The van der Waals surface area contributed by atoms with Crippen molar-refractivity contribution < 1.29 is 9.90 Å². The van der Waals surface area contributed by atoms with E-state index in [0.717, 1.165) is 32.0 Å². The van der Waals surface area contributed by atoms with Crippen LogP contribution in [0.15, 0.2) is 12.7 Å². The second kappa shape index (κ2) is 3.85. The van der Waals surface area contributed by atoms with Crippen molar-refractivity contribution in [3.05, 3.63) is 12.7 Å². The standard InChI is InChI=1S/C10H16O2/c1-2-9(12)10(8-11)6-4-3-5-7-10/h2,8-9,12H,1,3-7H2. The molecule has 0 aliphatic heterocycles. The number of hydrogen-bond acceptors (Lipinski definition) is 2. The SMILES string of the molecule is C=CC(O)C1(C=O)CCCCC1. The molecule has 1 aliphatic rings. The van der Waals surface area contributed by atoms with Crippen molar-refractivity contribution in [1.29, 1.82) is 0 Å². The summed E-state index contributed by atoms with van der Waals surface area (Å²) in [6.45, 7) is 3.52. The zero-order chi connectivity index (χ0) is 9.03. The van der Waals surface area contributed by atoms with Gasteiger partial charge in [-0.3, -0.25) is 0 Å². The van der Waals surface area contributed by atoms with E-state index in [1.54, 1.807) is 0 Å². The Kier molecular flexibility index (Phi) is 3.04. The van der Waals surface area contributed by atoms with Crippen molar-refractivity contribution in [3.8, 4) is 0 Å². The average Bonchev–Trinajstić information content (AvgIpc) is 2.17. The summed E-state index contributed by atoms with van der Waals surface area (Å²) >= 11 is 0. The fourth-order valence-corrected chi connectivity index (χ4v) is 1.93. The second-order valence-electron chi connectivity index (χ2n) is 3.59. The van der Waals surface area contributed by atoms with E-state index in [0.29, 0.717) is 0 Å². The van der Waals surface area contributed by atoms with E-state index in [2.05, 4.69) is 6.58 Å². The van der Waals surface area contributed by atoms with Crippen molar-refractivity contribution in [1.82, 2.24) is 0 Å². The van der Waals surface area contributed by atoms with E-state index < -0.39 is 11.5 Å². The van der Waals surface area contributed by atoms with Crippen LogP contribution in [0.25, 0.3) is 0 Å². The highest BCUT2D eigenvalue weighted by molar-refractivity contribution is 5.61. The van der Waals surface area contributed by atoms with Gasteiger partial charge in [-0.15, -0.1) is 6.58 Å². The lowest BCUT2D eigenvalue weighted by molar-refractivity contribution is -0.123. The molecular formula is C10H16O2. The molecule has 0 spiro atoms. The molecule has 0 radical (unpaired) electrons. The van der Waals surface area contributed by atoms with E-state index in [4.69, 9.17) is 0 Å². The van der Waals surface area contributed by atoms with Gasteiger partial charge in [-0.2, -0.15) is 0 Å². The van der Waals surface area contributed by atoms with Crippen LogP contribution in [0, 0.1) is 5.41 Å². The Hall–Kier alpha value is -0.630. The van der Waals surface area contributed by atoms with Crippen molar-refractivity contribution in [3.63, 3.8) is 0 Å². The zero-order valence-electron chi connectivity index (χ0n) is 7.33.